The number of piperidine rings is 1. The van der Waals surface area contributed by atoms with Crippen LogP contribution in [0.25, 0.3) is 0 Å². The molecule has 1 aliphatic rings. The van der Waals surface area contributed by atoms with Gasteiger partial charge in [0.25, 0.3) is 0 Å². The van der Waals surface area contributed by atoms with Gasteiger partial charge in [-0.3, -0.25) is 14.7 Å². The maximum atomic E-state index is 10.8. The molecule has 0 atom stereocenters. The topological polar surface area (TPSA) is 65.5 Å². The highest BCUT2D eigenvalue weighted by atomic mass is 16.3. The maximum Gasteiger partial charge on any atom is 0.217 e. The van der Waals surface area contributed by atoms with Crippen molar-refractivity contribution in [3.8, 4) is 0 Å². The summed E-state index contributed by atoms with van der Waals surface area (Å²) in [7, 11) is 0. The van der Waals surface area contributed by atoms with E-state index in [1.54, 1.807) is 6.08 Å². The highest BCUT2D eigenvalue weighted by molar-refractivity contribution is 5.73. The van der Waals surface area contributed by atoms with Crippen molar-refractivity contribution in [2.45, 2.75) is 39.2 Å². The summed E-state index contributed by atoms with van der Waals surface area (Å²) in [6, 6.07) is 4.15. The number of aliphatic hydroxyl groups excluding tert-OH is 1. The van der Waals surface area contributed by atoms with Gasteiger partial charge in [-0.15, -0.1) is 0 Å². The van der Waals surface area contributed by atoms with Crippen molar-refractivity contribution in [2.24, 2.45) is 0 Å². The molecule has 0 bridgehead atoms. The molecule has 0 spiro atoms. The second-order valence-electron chi connectivity index (χ2n) is 5.80. The lowest BCUT2D eigenvalue weighted by molar-refractivity contribution is -0.118. The Bertz CT molecular complexity index is 522. The summed E-state index contributed by atoms with van der Waals surface area (Å²) >= 11 is 0. The van der Waals surface area contributed by atoms with Crippen molar-refractivity contribution in [1.29, 1.82) is 0 Å². The average molecular weight is 303 g/mol. The van der Waals surface area contributed by atoms with Crippen LogP contribution in [-0.4, -0.2) is 40.5 Å². The van der Waals surface area contributed by atoms with Crippen LogP contribution >= 0.6 is 0 Å². The fourth-order valence-electron chi connectivity index (χ4n) is 2.62. The van der Waals surface area contributed by atoms with E-state index in [1.165, 1.54) is 44.8 Å². The fraction of sp³-hybridized carbons (Fsp3) is 0.529. The van der Waals surface area contributed by atoms with Crippen molar-refractivity contribution >= 4 is 5.91 Å². The SMILES string of the molecule is CC(=O)NC/C(O)=C/Cc1cc(CN2CCCCC2)ccn1. The van der Waals surface area contributed by atoms with E-state index in [1.807, 2.05) is 6.20 Å². The van der Waals surface area contributed by atoms with Gasteiger partial charge < -0.3 is 10.4 Å². The minimum atomic E-state index is -0.151. The molecule has 1 saturated heterocycles. The summed E-state index contributed by atoms with van der Waals surface area (Å²) in [6.45, 7) is 4.92. The number of hydrogen-bond donors (Lipinski definition) is 2. The zero-order valence-corrected chi connectivity index (χ0v) is 13.2. The summed E-state index contributed by atoms with van der Waals surface area (Å²) < 4.78 is 0. The first-order chi connectivity index (χ1) is 10.6. The number of carbonyl (C=O) groups excluding carboxylic acids is 1. The number of rotatable bonds is 6. The van der Waals surface area contributed by atoms with E-state index in [0.717, 1.165) is 12.2 Å². The molecule has 2 N–H and O–H groups in total. The number of nitrogens with one attached hydrogen (secondary N) is 1. The van der Waals surface area contributed by atoms with Gasteiger partial charge in [0.15, 0.2) is 0 Å². The number of pyridine rings is 1. The van der Waals surface area contributed by atoms with E-state index in [9.17, 15) is 9.90 Å². The number of hydrogen-bond acceptors (Lipinski definition) is 4. The minimum absolute atomic E-state index is 0.151. The predicted octanol–water partition coefficient (Wildman–Crippen LogP) is 2.19. The lowest BCUT2D eigenvalue weighted by Crippen LogP contribution is -2.29. The Morgan fingerprint density at radius 3 is 2.91 bits per heavy atom. The van der Waals surface area contributed by atoms with E-state index in [0.29, 0.717) is 6.42 Å². The van der Waals surface area contributed by atoms with Crippen LogP contribution in [0.3, 0.4) is 0 Å². The van der Waals surface area contributed by atoms with Gasteiger partial charge in [-0.05, 0) is 49.7 Å². The summed E-state index contributed by atoms with van der Waals surface area (Å²) in [5.74, 6) is 0.0139. The molecule has 2 rings (SSSR count). The summed E-state index contributed by atoms with van der Waals surface area (Å²) in [4.78, 5) is 17.6. The average Bonchev–Trinajstić information content (AvgIpc) is 2.52. The molecule has 1 fully saturated rings. The number of aliphatic hydroxyl groups is 1. The molecule has 22 heavy (non-hydrogen) atoms. The van der Waals surface area contributed by atoms with E-state index in [-0.39, 0.29) is 18.2 Å². The normalized spacial score (nSPS) is 16.5. The van der Waals surface area contributed by atoms with Gasteiger partial charge in [0.2, 0.25) is 5.91 Å². The van der Waals surface area contributed by atoms with Gasteiger partial charge in [0, 0.05) is 31.8 Å². The molecule has 120 valence electrons. The molecule has 0 radical (unpaired) electrons. The molecule has 1 aliphatic heterocycles. The lowest BCUT2D eigenvalue weighted by atomic mass is 10.1. The minimum Gasteiger partial charge on any atom is -0.511 e. The third-order valence-corrected chi connectivity index (χ3v) is 3.80. The number of aromatic nitrogens is 1. The van der Waals surface area contributed by atoms with Gasteiger partial charge in [-0.1, -0.05) is 6.42 Å². The van der Waals surface area contributed by atoms with Crippen LogP contribution in [0.5, 0.6) is 0 Å². The van der Waals surface area contributed by atoms with Crippen LogP contribution in [0.15, 0.2) is 30.2 Å². The Morgan fingerprint density at radius 1 is 1.41 bits per heavy atom. The molecule has 5 heteroatoms. The largest absolute Gasteiger partial charge is 0.511 e. The third-order valence-electron chi connectivity index (χ3n) is 3.80. The molecule has 0 aromatic carbocycles. The Morgan fingerprint density at radius 2 is 2.18 bits per heavy atom. The molecular formula is C17H25N3O2. The van der Waals surface area contributed by atoms with E-state index >= 15 is 0 Å². The Labute approximate surface area is 132 Å². The highest BCUT2D eigenvalue weighted by Gasteiger charge is 2.10. The van der Waals surface area contributed by atoms with Crippen LogP contribution in [0.1, 0.15) is 37.4 Å². The Hall–Kier alpha value is -1.88. The molecule has 1 aromatic heterocycles. The van der Waals surface area contributed by atoms with Gasteiger partial charge >= 0.3 is 0 Å². The molecule has 0 saturated carbocycles. The van der Waals surface area contributed by atoms with Crippen LogP contribution in [-0.2, 0) is 17.8 Å². The summed E-state index contributed by atoms with van der Waals surface area (Å²) in [5, 5.41) is 12.3. The van der Waals surface area contributed by atoms with Gasteiger partial charge in [0.1, 0.15) is 5.76 Å². The van der Waals surface area contributed by atoms with Crippen LogP contribution in [0.4, 0.5) is 0 Å². The molecule has 2 heterocycles. The number of likely N-dealkylation sites (tertiary alicyclic amines) is 1. The summed E-state index contributed by atoms with van der Waals surface area (Å²) in [6.07, 6.45) is 8.02. The third kappa shape index (κ3) is 5.85. The van der Waals surface area contributed by atoms with Crippen LogP contribution in [0, 0.1) is 0 Å². The first-order valence-electron chi connectivity index (χ1n) is 7.92. The number of amides is 1. The fourth-order valence-corrected chi connectivity index (χ4v) is 2.62. The number of carbonyl (C=O) groups is 1. The smallest absolute Gasteiger partial charge is 0.217 e. The molecule has 1 amide bonds. The summed E-state index contributed by atoms with van der Waals surface area (Å²) in [5.41, 5.74) is 2.20. The number of nitrogens with zero attached hydrogens (tertiary/aromatic N) is 2. The van der Waals surface area contributed by atoms with Crippen LogP contribution < -0.4 is 5.32 Å². The standard InChI is InChI=1S/C17H25N3O2/c1-14(21)19-12-17(22)6-5-16-11-15(7-8-18-16)13-20-9-3-2-4-10-20/h6-8,11,22H,2-5,9-10,12-13H2,1H3,(H,19,21)/b17-6-. The predicted molar refractivity (Wildman–Crippen MR) is 86.5 cm³/mol. The second-order valence-corrected chi connectivity index (χ2v) is 5.80. The van der Waals surface area contributed by atoms with Crippen molar-refractivity contribution in [1.82, 2.24) is 15.2 Å². The lowest BCUT2D eigenvalue weighted by Gasteiger charge is -2.26. The Kier molecular flexibility index (Phi) is 6.40. The first kappa shape index (κ1) is 16.5. The molecule has 0 aliphatic carbocycles. The molecule has 1 aromatic rings. The zero-order chi connectivity index (χ0) is 15.8. The number of allylic oxidation sites excluding steroid dienone is 1. The monoisotopic (exact) mass is 303 g/mol. The first-order valence-corrected chi connectivity index (χ1v) is 7.92. The zero-order valence-electron chi connectivity index (χ0n) is 13.2. The van der Waals surface area contributed by atoms with Crippen LogP contribution in [0.2, 0.25) is 0 Å². The van der Waals surface area contributed by atoms with Gasteiger partial charge in [0.05, 0.1) is 6.54 Å². The van der Waals surface area contributed by atoms with E-state index in [2.05, 4.69) is 27.3 Å². The second kappa shape index (κ2) is 8.54. The van der Waals surface area contributed by atoms with Crippen molar-refractivity contribution in [3.05, 3.63) is 41.4 Å². The maximum absolute atomic E-state index is 10.8. The molecule has 0 unspecified atom stereocenters. The van der Waals surface area contributed by atoms with Crippen molar-refractivity contribution in [3.63, 3.8) is 0 Å². The quantitative estimate of drug-likeness (QED) is 0.791. The van der Waals surface area contributed by atoms with Gasteiger partial charge in [-0.2, -0.15) is 0 Å². The van der Waals surface area contributed by atoms with Crippen molar-refractivity contribution < 1.29 is 9.90 Å². The molecule has 5 nitrogen and oxygen atoms in total. The van der Waals surface area contributed by atoms with Gasteiger partial charge in [-0.25, -0.2) is 0 Å². The molecular weight excluding hydrogens is 278 g/mol. The van der Waals surface area contributed by atoms with E-state index in [4.69, 9.17) is 0 Å². The Balaban J connectivity index is 1.87. The van der Waals surface area contributed by atoms with Crippen molar-refractivity contribution in [2.75, 3.05) is 19.6 Å². The van der Waals surface area contributed by atoms with E-state index < -0.39 is 0 Å². The highest BCUT2D eigenvalue weighted by Crippen LogP contribution is 2.13.